The summed E-state index contributed by atoms with van der Waals surface area (Å²) in [4.78, 5) is 5.05. The Morgan fingerprint density at radius 1 is 1.19 bits per heavy atom. The maximum absolute atomic E-state index is 13.2. The molecule has 0 aliphatic rings. The summed E-state index contributed by atoms with van der Waals surface area (Å²) in [5.74, 6) is -1.67. The van der Waals surface area contributed by atoms with E-state index in [0.29, 0.717) is 4.90 Å². The number of hydrogen-bond donors (Lipinski definition) is 1. The smallest absolute Gasteiger partial charge is 0.159 e. The van der Waals surface area contributed by atoms with E-state index in [4.69, 9.17) is 0 Å². The first-order chi connectivity index (χ1) is 10.1. The summed E-state index contributed by atoms with van der Waals surface area (Å²) in [6.45, 7) is 5.86. The minimum atomic E-state index is -0.835. The third kappa shape index (κ3) is 4.51. The summed E-state index contributed by atoms with van der Waals surface area (Å²) in [5.41, 5.74) is 2.15. The quantitative estimate of drug-likeness (QED) is 0.805. The van der Waals surface area contributed by atoms with Gasteiger partial charge in [-0.2, -0.15) is 0 Å². The van der Waals surface area contributed by atoms with Gasteiger partial charge < -0.3 is 5.32 Å². The zero-order chi connectivity index (χ0) is 15.2. The van der Waals surface area contributed by atoms with Crippen molar-refractivity contribution in [3.05, 3.63) is 53.2 Å². The van der Waals surface area contributed by atoms with Crippen molar-refractivity contribution in [2.75, 3.05) is 6.54 Å². The van der Waals surface area contributed by atoms with Gasteiger partial charge in [-0.15, -0.1) is 0 Å². The monoisotopic (exact) mass is 308 g/mol. The van der Waals surface area contributed by atoms with Crippen LogP contribution in [0.15, 0.2) is 40.4 Å². The topological polar surface area (TPSA) is 24.9 Å². The van der Waals surface area contributed by atoms with E-state index in [2.05, 4.69) is 23.3 Å². The van der Waals surface area contributed by atoms with Gasteiger partial charge >= 0.3 is 0 Å². The molecule has 0 fully saturated rings. The molecule has 0 spiro atoms. The van der Waals surface area contributed by atoms with Gasteiger partial charge in [-0.05, 0) is 49.2 Å². The SMILES string of the molecule is CCCNCc1cnc(Sc2ccc(F)c(F)c2)c(C)c1. The minimum absolute atomic E-state index is 0.640. The third-order valence-corrected chi connectivity index (χ3v) is 4.06. The van der Waals surface area contributed by atoms with Crippen LogP contribution in [-0.4, -0.2) is 11.5 Å². The predicted octanol–water partition coefficient (Wildman–Crippen LogP) is 4.32. The second kappa shape index (κ2) is 7.52. The Morgan fingerprint density at radius 3 is 2.67 bits per heavy atom. The maximum atomic E-state index is 13.2. The van der Waals surface area contributed by atoms with E-state index in [1.54, 1.807) is 6.07 Å². The molecular weight excluding hydrogens is 290 g/mol. The number of aromatic nitrogens is 1. The van der Waals surface area contributed by atoms with Gasteiger partial charge in [0.1, 0.15) is 5.03 Å². The van der Waals surface area contributed by atoms with Crippen molar-refractivity contribution >= 4 is 11.8 Å². The number of benzene rings is 1. The lowest BCUT2D eigenvalue weighted by Gasteiger charge is -2.08. The van der Waals surface area contributed by atoms with Gasteiger partial charge in [0.05, 0.1) is 0 Å². The summed E-state index contributed by atoms with van der Waals surface area (Å²) in [7, 11) is 0. The zero-order valence-electron chi connectivity index (χ0n) is 12.1. The minimum Gasteiger partial charge on any atom is -0.313 e. The fraction of sp³-hybridized carbons (Fsp3) is 0.312. The number of aryl methyl sites for hydroxylation is 1. The van der Waals surface area contributed by atoms with Gasteiger partial charge in [-0.1, -0.05) is 24.8 Å². The first-order valence-corrected chi connectivity index (χ1v) is 7.71. The highest BCUT2D eigenvalue weighted by molar-refractivity contribution is 7.99. The van der Waals surface area contributed by atoms with Gasteiger partial charge in [-0.3, -0.25) is 0 Å². The summed E-state index contributed by atoms with van der Waals surface area (Å²) in [6, 6.07) is 5.95. The molecule has 0 bridgehead atoms. The number of halogens is 2. The molecule has 2 aromatic rings. The normalized spacial score (nSPS) is 10.9. The van der Waals surface area contributed by atoms with Crippen LogP contribution in [0.3, 0.4) is 0 Å². The number of hydrogen-bond acceptors (Lipinski definition) is 3. The first kappa shape index (κ1) is 15.9. The fourth-order valence-electron chi connectivity index (χ4n) is 1.89. The molecule has 0 aliphatic carbocycles. The molecule has 0 aliphatic heterocycles. The van der Waals surface area contributed by atoms with Crippen molar-refractivity contribution in [2.24, 2.45) is 0 Å². The van der Waals surface area contributed by atoms with Crippen LogP contribution in [0.1, 0.15) is 24.5 Å². The first-order valence-electron chi connectivity index (χ1n) is 6.89. The van der Waals surface area contributed by atoms with Gasteiger partial charge in [0.15, 0.2) is 11.6 Å². The zero-order valence-corrected chi connectivity index (χ0v) is 12.9. The molecule has 2 nitrogen and oxygen atoms in total. The molecular formula is C16H18F2N2S. The number of nitrogens with zero attached hydrogens (tertiary/aromatic N) is 1. The molecule has 0 amide bonds. The Bertz CT molecular complexity index is 617. The van der Waals surface area contributed by atoms with Crippen molar-refractivity contribution < 1.29 is 8.78 Å². The van der Waals surface area contributed by atoms with Crippen molar-refractivity contribution in [1.82, 2.24) is 10.3 Å². The molecule has 5 heteroatoms. The molecule has 0 unspecified atom stereocenters. The Balaban J connectivity index is 2.08. The summed E-state index contributed by atoms with van der Waals surface area (Å²) >= 11 is 1.34. The summed E-state index contributed by atoms with van der Waals surface area (Å²) < 4.78 is 26.1. The highest BCUT2D eigenvalue weighted by Gasteiger charge is 2.07. The van der Waals surface area contributed by atoms with Gasteiger partial charge in [0, 0.05) is 17.6 Å². The highest BCUT2D eigenvalue weighted by Crippen LogP contribution is 2.29. The standard InChI is InChI=1S/C16H18F2N2S/c1-3-6-19-9-12-7-11(2)16(20-10-12)21-13-4-5-14(17)15(18)8-13/h4-5,7-8,10,19H,3,6,9H2,1-2H3. The Kier molecular flexibility index (Phi) is 5.70. The lowest BCUT2D eigenvalue weighted by molar-refractivity contribution is 0.506. The number of nitrogens with one attached hydrogen (secondary N) is 1. The molecule has 0 atom stereocenters. The average molecular weight is 308 g/mol. The van der Waals surface area contributed by atoms with E-state index in [9.17, 15) is 8.78 Å². The van der Waals surface area contributed by atoms with Crippen molar-refractivity contribution in [2.45, 2.75) is 36.7 Å². The molecule has 2 rings (SSSR count). The van der Waals surface area contributed by atoms with Gasteiger partial charge in [0.2, 0.25) is 0 Å². The van der Waals surface area contributed by atoms with Crippen LogP contribution in [0.2, 0.25) is 0 Å². The van der Waals surface area contributed by atoms with Crippen molar-refractivity contribution in [3.8, 4) is 0 Å². The lowest BCUT2D eigenvalue weighted by atomic mass is 10.2. The van der Waals surface area contributed by atoms with Gasteiger partial charge in [0.25, 0.3) is 0 Å². The van der Waals surface area contributed by atoms with Crippen LogP contribution < -0.4 is 5.32 Å². The van der Waals surface area contributed by atoms with Crippen molar-refractivity contribution in [3.63, 3.8) is 0 Å². The number of pyridine rings is 1. The van der Waals surface area contributed by atoms with E-state index >= 15 is 0 Å². The third-order valence-electron chi connectivity index (χ3n) is 2.95. The second-order valence-electron chi connectivity index (χ2n) is 4.82. The Hall–Kier alpha value is -1.46. The molecule has 21 heavy (non-hydrogen) atoms. The molecule has 0 saturated carbocycles. The maximum Gasteiger partial charge on any atom is 0.159 e. The Labute approximate surface area is 128 Å². The molecule has 1 N–H and O–H groups in total. The fourth-order valence-corrected chi connectivity index (χ4v) is 2.73. The molecule has 1 aromatic carbocycles. The summed E-state index contributed by atoms with van der Waals surface area (Å²) in [6.07, 6.45) is 2.91. The van der Waals surface area contributed by atoms with E-state index in [1.165, 1.54) is 17.8 Å². The Morgan fingerprint density at radius 2 is 2.00 bits per heavy atom. The summed E-state index contributed by atoms with van der Waals surface area (Å²) in [5, 5.41) is 4.13. The predicted molar refractivity (Wildman–Crippen MR) is 81.5 cm³/mol. The average Bonchev–Trinajstić information content (AvgIpc) is 2.46. The van der Waals surface area contributed by atoms with Crippen LogP contribution >= 0.6 is 11.8 Å². The van der Waals surface area contributed by atoms with Crippen LogP contribution in [0, 0.1) is 18.6 Å². The van der Waals surface area contributed by atoms with E-state index in [0.717, 1.165) is 41.7 Å². The lowest BCUT2D eigenvalue weighted by Crippen LogP contribution is -2.14. The second-order valence-corrected chi connectivity index (χ2v) is 5.88. The van der Waals surface area contributed by atoms with E-state index in [-0.39, 0.29) is 0 Å². The molecule has 0 saturated heterocycles. The van der Waals surface area contributed by atoms with Gasteiger partial charge in [-0.25, -0.2) is 13.8 Å². The van der Waals surface area contributed by atoms with Crippen LogP contribution in [0.4, 0.5) is 8.78 Å². The molecule has 112 valence electrons. The molecule has 1 heterocycles. The molecule has 1 aromatic heterocycles. The highest BCUT2D eigenvalue weighted by atomic mass is 32.2. The van der Waals surface area contributed by atoms with E-state index < -0.39 is 11.6 Å². The largest absolute Gasteiger partial charge is 0.313 e. The van der Waals surface area contributed by atoms with Crippen LogP contribution in [-0.2, 0) is 6.54 Å². The molecule has 0 radical (unpaired) electrons. The van der Waals surface area contributed by atoms with Crippen molar-refractivity contribution in [1.29, 1.82) is 0 Å². The number of rotatable bonds is 6. The van der Waals surface area contributed by atoms with Crippen LogP contribution in [0.25, 0.3) is 0 Å². The van der Waals surface area contributed by atoms with Crippen LogP contribution in [0.5, 0.6) is 0 Å². The van der Waals surface area contributed by atoms with E-state index in [1.807, 2.05) is 13.1 Å².